The first kappa shape index (κ1) is 18.7. The molecule has 2 aromatic heterocycles. The van der Waals surface area contributed by atoms with Crippen LogP contribution in [0.4, 0.5) is 9.52 Å². The zero-order valence-corrected chi connectivity index (χ0v) is 15.8. The Kier molecular flexibility index (Phi) is 5.77. The summed E-state index contributed by atoms with van der Waals surface area (Å²) in [4.78, 5) is 25.8. The van der Waals surface area contributed by atoms with Crippen molar-refractivity contribution in [3.63, 3.8) is 0 Å². The maximum atomic E-state index is 14.1. The summed E-state index contributed by atoms with van der Waals surface area (Å²) < 4.78 is 20.1. The van der Waals surface area contributed by atoms with Crippen LogP contribution in [0.2, 0.25) is 0 Å². The van der Waals surface area contributed by atoms with Gasteiger partial charge in [-0.2, -0.15) is 9.37 Å². The number of nitrogens with one attached hydrogen (secondary N) is 1. The molecule has 2 aromatic rings. The molecule has 9 heteroatoms. The first-order valence-corrected chi connectivity index (χ1v) is 9.34. The minimum Gasteiger partial charge on any atom is -0.473 e. The van der Waals surface area contributed by atoms with Crippen LogP contribution in [0.25, 0.3) is 0 Å². The van der Waals surface area contributed by atoms with Gasteiger partial charge in [0.1, 0.15) is 12.4 Å². The Morgan fingerprint density at radius 1 is 1.46 bits per heavy atom. The molecule has 1 amide bonds. The number of thiazole rings is 1. The highest BCUT2D eigenvalue weighted by Gasteiger charge is 2.28. The van der Waals surface area contributed by atoms with Gasteiger partial charge in [-0.3, -0.25) is 9.69 Å². The van der Waals surface area contributed by atoms with Crippen LogP contribution < -0.4 is 10.1 Å². The van der Waals surface area contributed by atoms with Crippen LogP contribution in [0, 0.1) is 12.9 Å². The Balaban J connectivity index is 1.65. The van der Waals surface area contributed by atoms with Crippen LogP contribution in [0.3, 0.4) is 0 Å². The standard InChI is InChI=1S/C17H22FN5O2S/c1-10-6-15(20-9-19-10)25-13-5-4-11(2)23(7-13)8-14-16(18)22-17(26-14)21-12(3)24/h6,9,11,13H,4-5,7-8H2,1-3H3,(H,21,22,24)/t11-,13+/m0/s1/i6+1,10+1,15+1. The second-order valence-corrected chi connectivity index (χ2v) is 7.59. The quantitative estimate of drug-likeness (QED) is 0.857. The lowest BCUT2D eigenvalue weighted by molar-refractivity contribution is -0.114. The van der Waals surface area contributed by atoms with E-state index in [0.717, 1.165) is 18.5 Å². The highest BCUT2D eigenvalue weighted by molar-refractivity contribution is 7.15. The summed E-state index contributed by atoms with van der Waals surface area (Å²) in [5, 5.41) is 2.82. The first-order chi connectivity index (χ1) is 12.4. The Hall–Kier alpha value is -2.13. The van der Waals surface area contributed by atoms with Crippen LogP contribution in [-0.2, 0) is 11.3 Å². The number of carbonyl (C=O) groups excluding carboxylic acids is 1. The van der Waals surface area contributed by atoms with Gasteiger partial charge in [-0.15, -0.1) is 0 Å². The number of aromatic nitrogens is 3. The monoisotopic (exact) mass is 382 g/mol. The number of hydrogen-bond acceptors (Lipinski definition) is 7. The number of amides is 1. The van der Waals surface area contributed by atoms with E-state index >= 15 is 0 Å². The van der Waals surface area contributed by atoms with E-state index in [9.17, 15) is 9.18 Å². The van der Waals surface area contributed by atoms with Crippen molar-refractivity contribution in [2.45, 2.75) is 52.3 Å². The fourth-order valence-corrected chi connectivity index (χ4v) is 3.86. The lowest BCUT2D eigenvalue weighted by Crippen LogP contribution is -2.45. The van der Waals surface area contributed by atoms with Gasteiger partial charge >= 0.3 is 0 Å². The van der Waals surface area contributed by atoms with Crippen molar-refractivity contribution in [3.05, 3.63) is 28.9 Å². The number of aryl methyl sites for hydroxylation is 1. The number of likely N-dealkylation sites (tertiary alicyclic amines) is 1. The molecular formula is C17H22FN5O2S. The van der Waals surface area contributed by atoms with E-state index in [2.05, 4.69) is 32.1 Å². The molecule has 0 aliphatic carbocycles. The molecule has 0 aromatic carbocycles. The Labute approximate surface area is 155 Å². The third kappa shape index (κ3) is 4.73. The predicted molar refractivity (Wildman–Crippen MR) is 96.7 cm³/mol. The van der Waals surface area contributed by atoms with Crippen LogP contribution in [0.5, 0.6) is 5.88 Å². The highest BCUT2D eigenvalue weighted by atomic mass is 32.1. The number of anilines is 1. The molecule has 0 spiro atoms. The summed E-state index contributed by atoms with van der Waals surface area (Å²) in [5.41, 5.74) is 0.855. The van der Waals surface area contributed by atoms with Crippen molar-refractivity contribution in [2.24, 2.45) is 0 Å². The molecule has 3 heterocycles. The van der Waals surface area contributed by atoms with E-state index in [1.165, 1.54) is 24.6 Å². The second-order valence-electron chi connectivity index (χ2n) is 6.51. The molecule has 0 bridgehead atoms. The van der Waals surface area contributed by atoms with Gasteiger partial charge in [0.15, 0.2) is 5.13 Å². The SMILES string of the molecule is CC(=O)Nc1nc(F)c(CN2C[C@H](O[13c]3[13cH][13c](C)ncn3)CC[C@@H]2C)s1. The fourth-order valence-electron chi connectivity index (χ4n) is 2.94. The van der Waals surface area contributed by atoms with Gasteiger partial charge in [0.2, 0.25) is 17.7 Å². The number of hydrogen-bond donors (Lipinski definition) is 1. The van der Waals surface area contributed by atoms with E-state index in [1.54, 1.807) is 0 Å². The van der Waals surface area contributed by atoms with Crippen molar-refractivity contribution in [1.82, 2.24) is 19.9 Å². The summed E-state index contributed by atoms with van der Waals surface area (Å²) in [7, 11) is 0. The second kappa shape index (κ2) is 8.05. The normalized spacial score (nSPS) is 20.8. The van der Waals surface area contributed by atoms with E-state index in [0.29, 0.717) is 35.0 Å². The number of piperidine rings is 1. The Morgan fingerprint density at radius 3 is 3.00 bits per heavy atom. The molecule has 0 unspecified atom stereocenters. The molecule has 0 radical (unpaired) electrons. The van der Waals surface area contributed by atoms with E-state index in [1.807, 2.05) is 13.0 Å². The number of rotatable bonds is 5. The van der Waals surface area contributed by atoms with Crippen LogP contribution >= 0.6 is 11.3 Å². The van der Waals surface area contributed by atoms with Gasteiger partial charge in [-0.05, 0) is 26.7 Å². The number of carbonyl (C=O) groups is 1. The summed E-state index contributed by atoms with van der Waals surface area (Å²) in [6.07, 6.45) is 3.35. The molecule has 140 valence electrons. The van der Waals surface area contributed by atoms with Gasteiger partial charge in [0.25, 0.3) is 0 Å². The molecule has 1 saturated heterocycles. The largest absolute Gasteiger partial charge is 0.473 e. The zero-order valence-electron chi connectivity index (χ0n) is 15.0. The third-order valence-electron chi connectivity index (χ3n) is 4.31. The summed E-state index contributed by atoms with van der Waals surface area (Å²) in [6, 6.07) is 2.12. The molecule has 7 nitrogen and oxygen atoms in total. The van der Waals surface area contributed by atoms with Crippen molar-refractivity contribution in [3.8, 4) is 5.88 Å². The van der Waals surface area contributed by atoms with Crippen molar-refractivity contribution in [1.29, 1.82) is 0 Å². The van der Waals surface area contributed by atoms with Gasteiger partial charge in [-0.1, -0.05) is 11.3 Å². The number of nitrogens with zero attached hydrogens (tertiary/aromatic N) is 4. The van der Waals surface area contributed by atoms with Crippen LogP contribution in [0.1, 0.15) is 37.3 Å². The molecule has 1 N–H and O–H groups in total. The molecule has 1 aliphatic heterocycles. The highest BCUT2D eigenvalue weighted by Crippen LogP contribution is 2.27. The van der Waals surface area contributed by atoms with Gasteiger partial charge in [0.05, 0.1) is 4.88 Å². The zero-order chi connectivity index (χ0) is 18.7. The van der Waals surface area contributed by atoms with Gasteiger partial charge in [0, 0.05) is 37.8 Å². The summed E-state index contributed by atoms with van der Waals surface area (Å²) in [5.74, 6) is -0.223. The van der Waals surface area contributed by atoms with Crippen LogP contribution in [-0.4, -0.2) is 44.4 Å². The molecule has 1 fully saturated rings. The minimum absolute atomic E-state index is 0.00806. The van der Waals surface area contributed by atoms with Crippen molar-refractivity contribution >= 4 is 22.4 Å². The molecular weight excluding hydrogens is 360 g/mol. The number of ether oxygens (including phenoxy) is 1. The smallest absolute Gasteiger partial charge is 0.230 e. The maximum Gasteiger partial charge on any atom is 0.230 e. The molecule has 26 heavy (non-hydrogen) atoms. The predicted octanol–water partition coefficient (Wildman–Crippen LogP) is 2.77. The average molecular weight is 382 g/mol. The molecule has 0 saturated carbocycles. The third-order valence-corrected chi connectivity index (χ3v) is 5.24. The molecule has 3 rings (SSSR count). The Bertz CT molecular complexity index is 784. The molecule has 1 aliphatic rings. The minimum atomic E-state index is -0.527. The van der Waals surface area contributed by atoms with Gasteiger partial charge < -0.3 is 10.1 Å². The summed E-state index contributed by atoms with van der Waals surface area (Å²) in [6.45, 7) is 6.51. The van der Waals surface area contributed by atoms with Crippen molar-refractivity contribution in [2.75, 3.05) is 11.9 Å². The summed E-state index contributed by atoms with van der Waals surface area (Å²) >= 11 is 1.17. The van der Waals surface area contributed by atoms with Gasteiger partial charge in [-0.25, -0.2) is 9.97 Å². The average Bonchev–Trinajstić information content (AvgIpc) is 2.89. The topological polar surface area (TPSA) is 80.2 Å². The van der Waals surface area contributed by atoms with E-state index in [-0.39, 0.29) is 12.0 Å². The van der Waals surface area contributed by atoms with E-state index in [4.69, 9.17) is 4.74 Å². The lowest BCUT2D eigenvalue weighted by Gasteiger charge is -2.37. The first-order valence-electron chi connectivity index (χ1n) is 8.53. The molecule has 2 atom stereocenters. The number of halogens is 1. The maximum absolute atomic E-state index is 14.1. The Morgan fingerprint density at radius 2 is 2.27 bits per heavy atom. The van der Waals surface area contributed by atoms with E-state index < -0.39 is 5.95 Å². The van der Waals surface area contributed by atoms with Crippen LogP contribution in [0.15, 0.2) is 12.4 Å². The lowest BCUT2D eigenvalue weighted by atomic mass is 10.0. The fraction of sp³-hybridized carbons (Fsp3) is 0.529. The van der Waals surface area contributed by atoms with Crippen molar-refractivity contribution < 1.29 is 13.9 Å².